The molecule has 0 aliphatic rings. The number of amides is 1. The molecule has 2 aromatic heterocycles. The van der Waals surface area contributed by atoms with Crippen LogP contribution in [0, 0.1) is 0 Å². The molecular formula is C24H23N3O2S. The summed E-state index contributed by atoms with van der Waals surface area (Å²) >= 11 is 1.46. The molecule has 2 N–H and O–H groups in total. The second-order valence-corrected chi connectivity index (χ2v) is 8.44. The van der Waals surface area contributed by atoms with E-state index in [2.05, 4.69) is 38.1 Å². The van der Waals surface area contributed by atoms with E-state index in [0.29, 0.717) is 22.0 Å². The molecule has 0 bridgehead atoms. The fourth-order valence-corrected chi connectivity index (χ4v) is 4.46. The molecule has 0 aliphatic carbocycles. The van der Waals surface area contributed by atoms with Gasteiger partial charge in [0, 0.05) is 29.5 Å². The summed E-state index contributed by atoms with van der Waals surface area (Å²) in [5.74, 6) is 0.549. The summed E-state index contributed by atoms with van der Waals surface area (Å²) in [5, 5.41) is 2.57. The summed E-state index contributed by atoms with van der Waals surface area (Å²) < 4.78 is 1.57. The van der Waals surface area contributed by atoms with Gasteiger partial charge < -0.3 is 5.73 Å². The largest absolute Gasteiger partial charge is 0.370 e. The van der Waals surface area contributed by atoms with Crippen molar-refractivity contribution < 1.29 is 4.79 Å². The van der Waals surface area contributed by atoms with Crippen molar-refractivity contribution in [3.63, 3.8) is 0 Å². The number of aromatic nitrogens is 2. The third-order valence-electron chi connectivity index (χ3n) is 5.20. The van der Waals surface area contributed by atoms with Crippen molar-refractivity contribution in [1.82, 2.24) is 9.55 Å². The van der Waals surface area contributed by atoms with E-state index in [1.54, 1.807) is 4.57 Å². The lowest BCUT2D eigenvalue weighted by molar-refractivity contribution is -0.118. The molecule has 0 atom stereocenters. The molecule has 5 nitrogen and oxygen atoms in total. The minimum absolute atomic E-state index is 0.0789. The van der Waals surface area contributed by atoms with Crippen molar-refractivity contribution in [3.8, 4) is 22.5 Å². The Hall–Kier alpha value is -3.25. The van der Waals surface area contributed by atoms with Gasteiger partial charge in [0.05, 0.1) is 5.39 Å². The number of fused-ring (bicyclic) bond motifs is 1. The smallest absolute Gasteiger partial charge is 0.263 e. The van der Waals surface area contributed by atoms with E-state index in [0.717, 1.165) is 16.7 Å². The molecule has 0 saturated heterocycles. The van der Waals surface area contributed by atoms with E-state index >= 15 is 0 Å². The van der Waals surface area contributed by atoms with Crippen LogP contribution >= 0.6 is 11.3 Å². The highest BCUT2D eigenvalue weighted by Crippen LogP contribution is 2.33. The summed E-state index contributed by atoms with van der Waals surface area (Å²) in [5.41, 5.74) is 9.15. The predicted molar refractivity (Wildman–Crippen MR) is 123 cm³/mol. The number of primary amides is 1. The monoisotopic (exact) mass is 417 g/mol. The molecule has 30 heavy (non-hydrogen) atoms. The lowest BCUT2D eigenvalue weighted by Crippen LogP contribution is -2.26. The Labute approximate surface area is 178 Å². The quantitative estimate of drug-likeness (QED) is 0.490. The van der Waals surface area contributed by atoms with Gasteiger partial charge in [0.2, 0.25) is 5.91 Å². The van der Waals surface area contributed by atoms with Crippen molar-refractivity contribution in [3.05, 3.63) is 75.9 Å². The molecule has 2 heterocycles. The van der Waals surface area contributed by atoms with Gasteiger partial charge in [-0.2, -0.15) is 0 Å². The first-order chi connectivity index (χ1) is 14.5. The number of rotatable bonds is 6. The van der Waals surface area contributed by atoms with Gasteiger partial charge in [0.1, 0.15) is 10.7 Å². The van der Waals surface area contributed by atoms with Crippen LogP contribution in [-0.4, -0.2) is 15.5 Å². The maximum Gasteiger partial charge on any atom is 0.263 e. The van der Waals surface area contributed by atoms with Crippen molar-refractivity contribution in [2.75, 3.05) is 0 Å². The van der Waals surface area contributed by atoms with Crippen LogP contribution in [0.4, 0.5) is 0 Å². The van der Waals surface area contributed by atoms with E-state index in [4.69, 9.17) is 10.7 Å². The average molecular weight is 418 g/mol. The zero-order valence-corrected chi connectivity index (χ0v) is 17.8. The van der Waals surface area contributed by atoms with Gasteiger partial charge in [0.15, 0.2) is 0 Å². The number of carbonyl (C=O) groups excluding carboxylic acids is 1. The normalized spacial score (nSPS) is 11.3. The van der Waals surface area contributed by atoms with Crippen LogP contribution in [0.1, 0.15) is 31.7 Å². The highest BCUT2D eigenvalue weighted by Gasteiger charge is 2.18. The Balaban J connectivity index is 1.91. The van der Waals surface area contributed by atoms with Crippen molar-refractivity contribution in [1.29, 1.82) is 0 Å². The van der Waals surface area contributed by atoms with Gasteiger partial charge in [-0.05, 0) is 17.0 Å². The highest BCUT2D eigenvalue weighted by atomic mass is 32.1. The topological polar surface area (TPSA) is 78.0 Å². The van der Waals surface area contributed by atoms with Gasteiger partial charge in [0.25, 0.3) is 5.56 Å². The molecule has 0 unspecified atom stereocenters. The Morgan fingerprint density at radius 1 is 1.07 bits per heavy atom. The van der Waals surface area contributed by atoms with Gasteiger partial charge in [-0.15, -0.1) is 11.3 Å². The number of nitrogens with two attached hydrogens (primary N) is 1. The Morgan fingerprint density at radius 3 is 2.40 bits per heavy atom. The fraction of sp³-hybridized carbons (Fsp3) is 0.208. The van der Waals surface area contributed by atoms with Crippen molar-refractivity contribution in [2.45, 2.75) is 32.7 Å². The molecule has 0 aliphatic heterocycles. The average Bonchev–Trinajstić information content (AvgIpc) is 3.18. The van der Waals surface area contributed by atoms with Crippen LogP contribution < -0.4 is 11.3 Å². The van der Waals surface area contributed by atoms with Gasteiger partial charge in [-0.1, -0.05) is 68.4 Å². The molecule has 2 aromatic carbocycles. The number of nitrogens with zero attached hydrogens (tertiary/aromatic N) is 2. The minimum atomic E-state index is -0.448. The molecule has 0 fully saturated rings. The lowest BCUT2D eigenvalue weighted by Gasteiger charge is -2.12. The number of benzene rings is 2. The Bertz CT molecular complexity index is 1260. The molecule has 152 valence electrons. The summed E-state index contributed by atoms with van der Waals surface area (Å²) in [4.78, 5) is 30.4. The number of thiophene rings is 1. The van der Waals surface area contributed by atoms with E-state index in [1.807, 2.05) is 35.7 Å². The molecular weight excluding hydrogens is 394 g/mol. The molecule has 1 amide bonds. The van der Waals surface area contributed by atoms with Gasteiger partial charge >= 0.3 is 0 Å². The predicted octanol–water partition coefficient (Wildman–Crippen LogP) is 4.79. The first-order valence-electron chi connectivity index (χ1n) is 9.92. The van der Waals surface area contributed by atoms with E-state index in [1.165, 1.54) is 16.9 Å². The van der Waals surface area contributed by atoms with Crippen molar-refractivity contribution in [2.24, 2.45) is 5.73 Å². The zero-order valence-electron chi connectivity index (χ0n) is 17.0. The Morgan fingerprint density at radius 2 is 1.77 bits per heavy atom. The number of hydrogen-bond donors (Lipinski definition) is 1. The summed E-state index contributed by atoms with van der Waals surface area (Å²) in [7, 11) is 0. The van der Waals surface area contributed by atoms with E-state index in [-0.39, 0.29) is 18.5 Å². The van der Waals surface area contributed by atoms with Gasteiger partial charge in [-0.3, -0.25) is 14.2 Å². The van der Waals surface area contributed by atoms with Crippen LogP contribution in [0.15, 0.2) is 64.8 Å². The van der Waals surface area contributed by atoms with Crippen LogP contribution in [0.2, 0.25) is 0 Å². The first-order valence-corrected chi connectivity index (χ1v) is 10.8. The number of carbonyl (C=O) groups is 1. The Kier molecular flexibility index (Phi) is 5.50. The van der Waals surface area contributed by atoms with Crippen molar-refractivity contribution >= 4 is 27.5 Å². The van der Waals surface area contributed by atoms with Crippen LogP contribution in [0.25, 0.3) is 32.7 Å². The molecule has 0 saturated carbocycles. The fourth-order valence-electron chi connectivity index (χ4n) is 3.52. The standard InChI is InChI=1S/C24H23N3O2S/c1-15(2)16-8-10-17(11-9-16)19-14-30-23-21(19)24(29)27(13-12-20(25)28)22(26-23)18-6-4-3-5-7-18/h3-11,14-15H,12-13H2,1-2H3,(H2,25,28). The zero-order chi connectivity index (χ0) is 21.3. The van der Waals surface area contributed by atoms with E-state index < -0.39 is 5.91 Å². The highest BCUT2D eigenvalue weighted by molar-refractivity contribution is 7.17. The molecule has 0 spiro atoms. The molecule has 0 radical (unpaired) electrons. The summed E-state index contributed by atoms with van der Waals surface area (Å²) in [6.07, 6.45) is 0.0789. The maximum absolute atomic E-state index is 13.5. The molecule has 4 rings (SSSR count). The molecule has 4 aromatic rings. The second-order valence-electron chi connectivity index (χ2n) is 7.58. The third-order valence-corrected chi connectivity index (χ3v) is 6.07. The number of hydrogen-bond acceptors (Lipinski definition) is 4. The summed E-state index contributed by atoms with van der Waals surface area (Å²) in [6.45, 7) is 4.51. The van der Waals surface area contributed by atoms with Gasteiger partial charge in [-0.25, -0.2) is 4.98 Å². The van der Waals surface area contributed by atoms with Crippen LogP contribution in [0.3, 0.4) is 0 Å². The second kappa shape index (κ2) is 8.24. The SMILES string of the molecule is CC(C)c1ccc(-c2csc3nc(-c4ccccc4)n(CCC(N)=O)c(=O)c23)cc1. The maximum atomic E-state index is 13.5. The van der Waals surface area contributed by atoms with Crippen LogP contribution in [0.5, 0.6) is 0 Å². The molecule has 6 heteroatoms. The lowest BCUT2D eigenvalue weighted by atomic mass is 9.99. The van der Waals surface area contributed by atoms with E-state index in [9.17, 15) is 9.59 Å². The first kappa shape index (κ1) is 20.0. The minimum Gasteiger partial charge on any atom is -0.370 e. The third kappa shape index (κ3) is 3.78. The summed E-state index contributed by atoms with van der Waals surface area (Å²) in [6, 6.07) is 17.8. The van der Waals surface area contributed by atoms with Crippen LogP contribution in [-0.2, 0) is 11.3 Å².